The lowest BCUT2D eigenvalue weighted by atomic mass is 9.97. The molecule has 1 saturated heterocycles. The van der Waals surface area contributed by atoms with Crippen molar-refractivity contribution in [2.24, 2.45) is 0 Å². The summed E-state index contributed by atoms with van der Waals surface area (Å²) in [5, 5.41) is 1.74. The fourth-order valence-corrected chi connectivity index (χ4v) is 4.86. The van der Waals surface area contributed by atoms with Crippen LogP contribution in [0.4, 0.5) is 5.69 Å². The number of anilines is 1. The Hall–Kier alpha value is -3.94. The lowest BCUT2D eigenvalue weighted by Crippen LogP contribution is -2.36. The van der Waals surface area contributed by atoms with Crippen molar-refractivity contribution in [3.05, 3.63) is 117 Å². The minimum atomic E-state index is -0.103. The van der Waals surface area contributed by atoms with Crippen LogP contribution in [-0.4, -0.2) is 48.6 Å². The Labute approximate surface area is 219 Å². The topological polar surface area (TPSA) is 76.6 Å². The van der Waals surface area contributed by atoms with E-state index in [9.17, 15) is 14.4 Å². The first-order valence-electron chi connectivity index (χ1n) is 12.2. The van der Waals surface area contributed by atoms with Gasteiger partial charge in [-0.05, 0) is 35.4 Å². The Morgan fingerprint density at radius 1 is 0.730 bits per heavy atom. The van der Waals surface area contributed by atoms with Gasteiger partial charge in [-0.3, -0.25) is 14.4 Å². The number of carbonyl (C=O) groups excluding carboxylic acids is 3. The van der Waals surface area contributed by atoms with Crippen LogP contribution in [0.25, 0.3) is 0 Å². The second-order valence-corrected chi connectivity index (χ2v) is 9.66. The predicted octanol–water partition coefficient (Wildman–Crippen LogP) is 5.06. The van der Waals surface area contributed by atoms with Gasteiger partial charge in [0.2, 0.25) is 0 Å². The molecule has 1 aliphatic rings. The highest BCUT2D eigenvalue weighted by Gasteiger charge is 2.14. The second-order valence-electron chi connectivity index (χ2n) is 8.94. The van der Waals surface area contributed by atoms with E-state index >= 15 is 0 Å². The molecule has 2 heterocycles. The third kappa shape index (κ3) is 6.07. The quantitative estimate of drug-likeness (QED) is 0.293. The molecule has 1 aliphatic heterocycles. The van der Waals surface area contributed by atoms with Crippen molar-refractivity contribution < 1.29 is 19.1 Å². The highest BCUT2D eigenvalue weighted by molar-refractivity contribution is 7.07. The highest BCUT2D eigenvalue weighted by Crippen LogP contribution is 2.19. The molecule has 7 heteroatoms. The van der Waals surface area contributed by atoms with Crippen molar-refractivity contribution in [3.63, 3.8) is 0 Å². The van der Waals surface area contributed by atoms with Gasteiger partial charge in [-0.25, -0.2) is 4.98 Å². The van der Waals surface area contributed by atoms with E-state index in [-0.39, 0.29) is 30.2 Å². The summed E-state index contributed by atoms with van der Waals surface area (Å²) < 4.78 is 5.40. The molecule has 0 radical (unpaired) electrons. The van der Waals surface area contributed by atoms with Gasteiger partial charge in [0.25, 0.3) is 0 Å². The number of hydrogen-bond acceptors (Lipinski definition) is 7. The normalized spacial score (nSPS) is 13.4. The van der Waals surface area contributed by atoms with Crippen LogP contribution in [0.15, 0.2) is 83.7 Å². The Kier molecular flexibility index (Phi) is 7.63. The summed E-state index contributed by atoms with van der Waals surface area (Å²) >= 11 is 1.39. The van der Waals surface area contributed by atoms with Gasteiger partial charge in [0, 0.05) is 53.7 Å². The van der Waals surface area contributed by atoms with Crippen LogP contribution in [0, 0.1) is 0 Å². The number of morpholine rings is 1. The minimum absolute atomic E-state index is 0.0374. The van der Waals surface area contributed by atoms with Crippen LogP contribution in [-0.2, 0) is 17.6 Å². The molecule has 0 bridgehead atoms. The third-order valence-electron chi connectivity index (χ3n) is 6.45. The van der Waals surface area contributed by atoms with E-state index in [2.05, 4.69) is 9.88 Å². The Balaban J connectivity index is 1.18. The minimum Gasteiger partial charge on any atom is -0.378 e. The number of hydrogen-bond donors (Lipinski definition) is 0. The van der Waals surface area contributed by atoms with Gasteiger partial charge in [-0.15, -0.1) is 11.3 Å². The number of ketones is 3. The molecule has 4 aromatic rings. The summed E-state index contributed by atoms with van der Waals surface area (Å²) in [6.07, 6.45) is 0.518. The molecule has 0 saturated carbocycles. The molecule has 1 aromatic heterocycles. The molecule has 1 fully saturated rings. The third-order valence-corrected chi connectivity index (χ3v) is 7.03. The van der Waals surface area contributed by atoms with Crippen molar-refractivity contribution in [2.45, 2.75) is 12.8 Å². The van der Waals surface area contributed by atoms with Crippen molar-refractivity contribution >= 4 is 34.4 Å². The largest absolute Gasteiger partial charge is 0.378 e. The smallest absolute Gasteiger partial charge is 0.193 e. The lowest BCUT2D eigenvalue weighted by molar-refractivity contribution is 0.0982. The maximum atomic E-state index is 12.9. The number of aromatic nitrogens is 1. The zero-order chi connectivity index (χ0) is 25.6. The molecule has 0 amide bonds. The summed E-state index contributed by atoms with van der Waals surface area (Å²) in [6, 6.07) is 22.0. The molecule has 3 aromatic carbocycles. The summed E-state index contributed by atoms with van der Waals surface area (Å²) in [5.41, 5.74) is 6.67. The average Bonchev–Trinajstić information content (AvgIpc) is 3.50. The monoisotopic (exact) mass is 510 g/mol. The first kappa shape index (κ1) is 24.7. The lowest BCUT2D eigenvalue weighted by Gasteiger charge is -2.28. The first-order valence-corrected chi connectivity index (χ1v) is 13.1. The number of thiazole rings is 1. The Morgan fingerprint density at radius 2 is 1.27 bits per heavy atom. The first-order chi connectivity index (χ1) is 18.1. The fraction of sp³-hybridized carbons (Fsp3) is 0.200. The number of benzene rings is 3. The van der Waals surface area contributed by atoms with Gasteiger partial charge in [0.1, 0.15) is 5.69 Å². The predicted molar refractivity (Wildman–Crippen MR) is 144 cm³/mol. The number of rotatable bonds is 9. The molecule has 5 rings (SSSR count). The van der Waals surface area contributed by atoms with Crippen LogP contribution in [0.1, 0.15) is 47.9 Å². The molecular formula is C30H26N2O4S. The van der Waals surface area contributed by atoms with Crippen LogP contribution in [0.5, 0.6) is 0 Å². The summed E-state index contributed by atoms with van der Waals surface area (Å²) in [4.78, 5) is 44.3. The van der Waals surface area contributed by atoms with E-state index in [0.717, 1.165) is 43.1 Å². The molecule has 0 atom stereocenters. The number of carbonyl (C=O) groups is 3. The second kappa shape index (κ2) is 11.4. The highest BCUT2D eigenvalue weighted by atomic mass is 32.1. The molecule has 37 heavy (non-hydrogen) atoms. The molecular weight excluding hydrogens is 484 g/mol. The Morgan fingerprint density at radius 3 is 1.81 bits per heavy atom. The van der Waals surface area contributed by atoms with Crippen molar-refractivity contribution in [1.29, 1.82) is 0 Å². The maximum Gasteiger partial charge on any atom is 0.193 e. The van der Waals surface area contributed by atoms with Crippen LogP contribution in [0.2, 0.25) is 0 Å². The fourth-order valence-electron chi connectivity index (χ4n) is 4.31. The number of nitrogens with zero attached hydrogens (tertiary/aromatic N) is 2. The van der Waals surface area contributed by atoms with E-state index in [1.165, 1.54) is 11.3 Å². The number of Topliss-reactive ketones (excluding diaryl/α,β-unsaturated/α-hetero) is 2. The van der Waals surface area contributed by atoms with E-state index < -0.39 is 0 Å². The van der Waals surface area contributed by atoms with E-state index in [1.807, 2.05) is 36.4 Å². The van der Waals surface area contributed by atoms with E-state index in [4.69, 9.17) is 4.74 Å². The van der Waals surface area contributed by atoms with Crippen molar-refractivity contribution in [1.82, 2.24) is 4.98 Å². The summed E-state index contributed by atoms with van der Waals surface area (Å²) in [7, 11) is 0. The molecule has 186 valence electrons. The molecule has 0 unspecified atom stereocenters. The SMILES string of the molecule is O=C(Cc1ccc(C(=O)c2ccc(CC(=O)c3cscn3)cc2)cc1)c1ccc(N2CCOCC2)cc1. The zero-order valence-corrected chi connectivity index (χ0v) is 21.1. The Bertz CT molecular complexity index is 1370. The van der Waals surface area contributed by atoms with E-state index in [1.54, 1.807) is 47.3 Å². The summed E-state index contributed by atoms with van der Waals surface area (Å²) in [6.45, 7) is 3.16. The molecule has 0 aliphatic carbocycles. The van der Waals surface area contributed by atoms with Crippen LogP contribution >= 0.6 is 11.3 Å². The van der Waals surface area contributed by atoms with Crippen LogP contribution in [0.3, 0.4) is 0 Å². The van der Waals surface area contributed by atoms with Gasteiger partial charge >= 0.3 is 0 Å². The van der Waals surface area contributed by atoms with E-state index in [0.29, 0.717) is 22.4 Å². The molecule has 0 N–H and O–H groups in total. The average molecular weight is 511 g/mol. The zero-order valence-electron chi connectivity index (χ0n) is 20.3. The van der Waals surface area contributed by atoms with Gasteiger partial charge < -0.3 is 9.64 Å². The van der Waals surface area contributed by atoms with Gasteiger partial charge in [0.15, 0.2) is 17.3 Å². The molecule has 0 spiro atoms. The number of ether oxygens (including phenoxy) is 1. The van der Waals surface area contributed by atoms with Crippen molar-refractivity contribution in [2.75, 3.05) is 31.2 Å². The van der Waals surface area contributed by atoms with Gasteiger partial charge in [-0.2, -0.15) is 0 Å². The molecule has 6 nitrogen and oxygen atoms in total. The summed E-state index contributed by atoms with van der Waals surface area (Å²) in [5.74, 6) is -0.108. The van der Waals surface area contributed by atoms with Gasteiger partial charge in [-0.1, -0.05) is 48.5 Å². The van der Waals surface area contributed by atoms with Crippen molar-refractivity contribution in [3.8, 4) is 0 Å². The van der Waals surface area contributed by atoms with Gasteiger partial charge in [0.05, 0.1) is 18.7 Å². The van der Waals surface area contributed by atoms with Crippen LogP contribution < -0.4 is 4.90 Å². The standard InChI is InChI=1S/C30H26N2O4S/c33-28(23-9-11-26(12-10-23)32-13-15-36-16-14-32)17-21-1-5-24(6-2-21)30(35)25-7-3-22(4-8-25)18-29(34)27-19-37-20-31-27/h1-12,19-20H,13-18H2. The maximum absolute atomic E-state index is 12.9.